The van der Waals surface area contributed by atoms with E-state index in [0.29, 0.717) is 6.42 Å². The van der Waals surface area contributed by atoms with Crippen LogP contribution in [-0.2, 0) is 4.74 Å². The molecular formula is C17H24N2O4. The molecule has 6 heteroatoms. The van der Waals surface area contributed by atoms with Crippen molar-refractivity contribution < 1.29 is 19.4 Å². The van der Waals surface area contributed by atoms with Crippen molar-refractivity contribution in [3.63, 3.8) is 0 Å². The Morgan fingerprint density at radius 2 is 2.09 bits per heavy atom. The second-order valence-electron chi connectivity index (χ2n) is 7.20. The standard InChI is InChI=1S/C17H24N2O4/c1-17(2,3)23-16(21)18-10-9-13-14(15(10)20)19(4)11-7-5-6-8-12(11)22-13/h5-8,10,13-15,20H,9H2,1-4H3,(H,18,21)/t10-,13-,14-,15-/m1/s1. The van der Waals surface area contributed by atoms with Gasteiger partial charge in [-0.3, -0.25) is 0 Å². The van der Waals surface area contributed by atoms with Gasteiger partial charge in [-0.2, -0.15) is 0 Å². The smallest absolute Gasteiger partial charge is 0.407 e. The maximum absolute atomic E-state index is 12.0. The number of nitrogens with one attached hydrogen (secondary N) is 1. The lowest BCUT2D eigenvalue weighted by molar-refractivity contribution is 0.0437. The fraction of sp³-hybridized carbons (Fsp3) is 0.588. The number of hydrogen-bond donors (Lipinski definition) is 2. The van der Waals surface area contributed by atoms with Crippen molar-refractivity contribution in [1.82, 2.24) is 5.32 Å². The number of amides is 1. The first-order valence-corrected chi connectivity index (χ1v) is 7.92. The number of carbonyl (C=O) groups is 1. The monoisotopic (exact) mass is 320 g/mol. The summed E-state index contributed by atoms with van der Waals surface area (Å²) in [5.74, 6) is 0.807. The van der Waals surface area contributed by atoms with Gasteiger partial charge in [-0.25, -0.2) is 4.79 Å². The van der Waals surface area contributed by atoms with Crippen LogP contribution in [0.1, 0.15) is 27.2 Å². The van der Waals surface area contributed by atoms with Crippen molar-refractivity contribution in [2.45, 2.75) is 57.1 Å². The highest BCUT2D eigenvalue weighted by Gasteiger charge is 2.49. The normalized spacial score (nSPS) is 29.3. The number of nitrogens with zero attached hydrogens (tertiary/aromatic N) is 1. The van der Waals surface area contributed by atoms with Gasteiger partial charge < -0.3 is 24.8 Å². The lowest BCUT2D eigenvalue weighted by Gasteiger charge is -2.39. The van der Waals surface area contributed by atoms with Gasteiger partial charge in [0.2, 0.25) is 0 Å². The predicted molar refractivity (Wildman–Crippen MR) is 86.8 cm³/mol. The van der Waals surface area contributed by atoms with E-state index < -0.39 is 23.8 Å². The average molecular weight is 320 g/mol. The van der Waals surface area contributed by atoms with Crippen LogP contribution in [0.5, 0.6) is 5.75 Å². The third-order valence-electron chi connectivity index (χ3n) is 4.30. The van der Waals surface area contributed by atoms with Gasteiger partial charge in [0, 0.05) is 13.5 Å². The zero-order chi connectivity index (χ0) is 16.8. The number of ether oxygens (including phenoxy) is 2. The van der Waals surface area contributed by atoms with E-state index in [4.69, 9.17) is 9.47 Å². The van der Waals surface area contributed by atoms with Crippen LogP contribution in [0.2, 0.25) is 0 Å². The van der Waals surface area contributed by atoms with Crippen LogP contribution < -0.4 is 15.0 Å². The molecule has 0 saturated heterocycles. The van der Waals surface area contributed by atoms with E-state index in [1.165, 1.54) is 0 Å². The molecule has 1 aliphatic heterocycles. The fourth-order valence-corrected chi connectivity index (χ4v) is 3.36. The Hall–Kier alpha value is -1.95. The van der Waals surface area contributed by atoms with E-state index in [9.17, 15) is 9.90 Å². The van der Waals surface area contributed by atoms with Gasteiger partial charge in [-0.1, -0.05) is 12.1 Å². The molecule has 4 atom stereocenters. The van der Waals surface area contributed by atoms with Crippen molar-refractivity contribution in [3.05, 3.63) is 24.3 Å². The Bertz CT molecular complexity index is 599. The van der Waals surface area contributed by atoms with Gasteiger partial charge in [-0.05, 0) is 32.9 Å². The SMILES string of the molecule is CN1c2ccccc2O[C@@H]2C[C@@H](NC(=O)OC(C)(C)C)[C@@H](O)[C@@H]21. The Morgan fingerprint density at radius 1 is 1.39 bits per heavy atom. The van der Waals surface area contributed by atoms with Crippen LogP contribution in [0.25, 0.3) is 0 Å². The number of carbonyl (C=O) groups excluding carboxylic acids is 1. The summed E-state index contributed by atoms with van der Waals surface area (Å²) in [4.78, 5) is 14.0. The molecule has 1 aromatic rings. The lowest BCUT2D eigenvalue weighted by atomic mass is 10.1. The molecule has 1 aliphatic carbocycles. The summed E-state index contributed by atoms with van der Waals surface area (Å²) in [6, 6.07) is 7.17. The van der Waals surface area contributed by atoms with Crippen molar-refractivity contribution in [1.29, 1.82) is 0 Å². The summed E-state index contributed by atoms with van der Waals surface area (Å²) in [5.41, 5.74) is 0.384. The van der Waals surface area contributed by atoms with Gasteiger partial charge in [0.25, 0.3) is 0 Å². The highest BCUT2D eigenvalue weighted by molar-refractivity contribution is 5.68. The fourth-order valence-electron chi connectivity index (χ4n) is 3.36. The molecule has 0 radical (unpaired) electrons. The molecule has 126 valence electrons. The van der Waals surface area contributed by atoms with E-state index in [1.807, 2.05) is 57.0 Å². The Kier molecular flexibility index (Phi) is 3.88. The first-order chi connectivity index (χ1) is 10.8. The molecule has 3 rings (SSSR count). The summed E-state index contributed by atoms with van der Waals surface area (Å²) in [7, 11) is 1.94. The molecule has 2 aliphatic rings. The number of fused-ring (bicyclic) bond motifs is 2. The van der Waals surface area contributed by atoms with Gasteiger partial charge in [0.1, 0.15) is 17.5 Å². The zero-order valence-electron chi connectivity index (χ0n) is 13.9. The predicted octanol–water partition coefficient (Wildman–Crippen LogP) is 1.91. The molecular weight excluding hydrogens is 296 g/mol. The Morgan fingerprint density at radius 3 is 2.78 bits per heavy atom. The number of aliphatic hydroxyl groups is 1. The number of anilines is 1. The first-order valence-electron chi connectivity index (χ1n) is 7.92. The van der Waals surface area contributed by atoms with Gasteiger partial charge in [0.15, 0.2) is 0 Å². The number of rotatable bonds is 1. The second-order valence-corrected chi connectivity index (χ2v) is 7.20. The molecule has 1 amide bonds. The molecule has 6 nitrogen and oxygen atoms in total. The van der Waals surface area contributed by atoms with Crippen LogP contribution in [0.15, 0.2) is 24.3 Å². The Balaban J connectivity index is 1.72. The van der Waals surface area contributed by atoms with E-state index in [1.54, 1.807) is 0 Å². The van der Waals surface area contributed by atoms with Crippen LogP contribution in [-0.4, -0.2) is 48.1 Å². The summed E-state index contributed by atoms with van der Waals surface area (Å²) >= 11 is 0. The van der Waals surface area contributed by atoms with Crippen LogP contribution in [0, 0.1) is 0 Å². The van der Waals surface area contributed by atoms with Crippen molar-refractivity contribution in [2.75, 3.05) is 11.9 Å². The topological polar surface area (TPSA) is 71.0 Å². The minimum atomic E-state index is -0.717. The largest absolute Gasteiger partial charge is 0.486 e. The molecule has 0 spiro atoms. The molecule has 1 aromatic carbocycles. The van der Waals surface area contributed by atoms with E-state index in [-0.39, 0.29) is 12.1 Å². The Labute approximate surface area is 136 Å². The minimum absolute atomic E-state index is 0.162. The number of alkyl carbamates (subject to hydrolysis) is 1. The molecule has 1 heterocycles. The van der Waals surface area contributed by atoms with Gasteiger partial charge in [0.05, 0.1) is 23.9 Å². The molecule has 1 saturated carbocycles. The quantitative estimate of drug-likeness (QED) is 0.827. The highest BCUT2D eigenvalue weighted by Crippen LogP contribution is 2.40. The van der Waals surface area contributed by atoms with E-state index >= 15 is 0 Å². The number of para-hydroxylation sites is 2. The van der Waals surface area contributed by atoms with Crippen molar-refractivity contribution in [3.8, 4) is 5.75 Å². The molecule has 2 N–H and O–H groups in total. The number of likely N-dealkylation sites (N-methyl/N-ethyl adjacent to an activating group) is 1. The maximum Gasteiger partial charge on any atom is 0.407 e. The van der Waals surface area contributed by atoms with Crippen LogP contribution in [0.4, 0.5) is 10.5 Å². The summed E-state index contributed by atoms with van der Waals surface area (Å²) in [6.07, 6.45) is -0.847. The van der Waals surface area contributed by atoms with E-state index in [0.717, 1.165) is 11.4 Å². The molecule has 0 bridgehead atoms. The molecule has 0 aromatic heterocycles. The second kappa shape index (κ2) is 5.60. The third-order valence-corrected chi connectivity index (χ3v) is 4.30. The zero-order valence-corrected chi connectivity index (χ0v) is 13.9. The van der Waals surface area contributed by atoms with Crippen LogP contribution in [0.3, 0.4) is 0 Å². The minimum Gasteiger partial charge on any atom is -0.486 e. The summed E-state index contributed by atoms with van der Waals surface area (Å²) in [6.45, 7) is 5.43. The molecule has 0 unspecified atom stereocenters. The summed E-state index contributed by atoms with van der Waals surface area (Å²) in [5, 5.41) is 13.4. The number of hydrogen-bond acceptors (Lipinski definition) is 5. The van der Waals surface area contributed by atoms with Gasteiger partial charge in [-0.15, -0.1) is 0 Å². The van der Waals surface area contributed by atoms with Crippen molar-refractivity contribution >= 4 is 11.8 Å². The lowest BCUT2D eigenvalue weighted by Crippen LogP contribution is -2.52. The maximum atomic E-state index is 12.0. The molecule has 1 fully saturated rings. The van der Waals surface area contributed by atoms with Crippen molar-refractivity contribution in [2.24, 2.45) is 0 Å². The summed E-state index contributed by atoms with van der Waals surface area (Å²) < 4.78 is 11.3. The van der Waals surface area contributed by atoms with E-state index in [2.05, 4.69) is 5.32 Å². The van der Waals surface area contributed by atoms with Gasteiger partial charge >= 0.3 is 6.09 Å². The third kappa shape index (κ3) is 3.08. The van der Waals surface area contributed by atoms with Crippen LogP contribution >= 0.6 is 0 Å². The number of benzene rings is 1. The highest BCUT2D eigenvalue weighted by atomic mass is 16.6. The molecule has 23 heavy (non-hydrogen) atoms. The average Bonchev–Trinajstić information content (AvgIpc) is 2.73. The first kappa shape index (κ1) is 15.9. The number of aliphatic hydroxyl groups excluding tert-OH is 1.